The summed E-state index contributed by atoms with van der Waals surface area (Å²) in [4.78, 5) is 45.2. The van der Waals surface area contributed by atoms with Gasteiger partial charge in [0, 0.05) is 34.0 Å². The molecule has 0 saturated carbocycles. The lowest BCUT2D eigenvalue weighted by Gasteiger charge is -2.07. The Labute approximate surface area is 247 Å². The first-order chi connectivity index (χ1) is 20.5. The van der Waals surface area contributed by atoms with Gasteiger partial charge in [0.2, 0.25) is 0 Å². The van der Waals surface area contributed by atoms with E-state index in [9.17, 15) is 19.2 Å². The molecule has 0 unspecified atom stereocenters. The van der Waals surface area contributed by atoms with Gasteiger partial charge in [-0.1, -0.05) is 59.2 Å². The van der Waals surface area contributed by atoms with Crippen molar-refractivity contribution in [2.45, 2.75) is 27.7 Å². The van der Waals surface area contributed by atoms with Gasteiger partial charge in [0.1, 0.15) is 11.2 Å². The number of aryl methyl sites for hydroxylation is 4. The molecule has 6 aromatic rings. The molecule has 0 radical (unpaired) electrons. The van der Waals surface area contributed by atoms with Gasteiger partial charge in [-0.25, -0.2) is 14.4 Å². The Hall–Kier alpha value is -5.56. The van der Waals surface area contributed by atoms with E-state index in [4.69, 9.17) is 13.9 Å². The molecule has 4 aromatic carbocycles. The van der Waals surface area contributed by atoms with E-state index in [0.29, 0.717) is 27.7 Å². The molecule has 6 rings (SSSR count). The smallest absolute Gasteiger partial charge is 0.336 e. The summed E-state index contributed by atoms with van der Waals surface area (Å²) >= 11 is 0. The molecule has 0 saturated heterocycles. The molecule has 0 atom stereocenters. The molecule has 0 aliphatic carbocycles. The van der Waals surface area contributed by atoms with Crippen molar-refractivity contribution in [2.75, 3.05) is 0 Å². The van der Waals surface area contributed by atoms with Crippen LogP contribution in [0.2, 0.25) is 0 Å². The maximum absolute atomic E-state index is 12.6. The van der Waals surface area contributed by atoms with Crippen molar-refractivity contribution in [3.8, 4) is 0 Å². The van der Waals surface area contributed by atoms with Gasteiger partial charge in [0.25, 0.3) is 0 Å². The van der Waals surface area contributed by atoms with E-state index in [1.807, 2.05) is 32.0 Å². The highest BCUT2D eigenvalue weighted by Crippen LogP contribution is 2.20. The number of carbonyl (C=O) groups is 2. The van der Waals surface area contributed by atoms with Crippen LogP contribution in [0.4, 0.5) is 0 Å². The number of carbonyl (C=O) groups excluding carboxylic acids is 1. The second kappa shape index (κ2) is 13.4. The molecule has 7 nitrogen and oxygen atoms in total. The van der Waals surface area contributed by atoms with Crippen molar-refractivity contribution < 1.29 is 23.5 Å². The number of rotatable bonds is 3. The SMILES string of the molecule is Cc1ccc(C(=O)c2ccc3oc(=O)ccc3c2)c(C)c1.Cc1cccc(C)c1.O=C(O)c1ccc2oc(=O)ccc2c1. The van der Waals surface area contributed by atoms with Crippen molar-refractivity contribution in [2.24, 2.45) is 0 Å². The monoisotopic (exact) mass is 574 g/mol. The van der Waals surface area contributed by atoms with Crippen molar-refractivity contribution in [3.63, 3.8) is 0 Å². The van der Waals surface area contributed by atoms with Gasteiger partial charge >= 0.3 is 17.2 Å². The Kier molecular flexibility index (Phi) is 9.47. The van der Waals surface area contributed by atoms with E-state index in [1.54, 1.807) is 24.3 Å². The van der Waals surface area contributed by atoms with Crippen LogP contribution in [0.15, 0.2) is 122 Å². The Morgan fingerprint density at radius 3 is 1.56 bits per heavy atom. The van der Waals surface area contributed by atoms with Crippen molar-refractivity contribution in [1.82, 2.24) is 0 Å². The standard InChI is InChI=1S/C18H14O3.C10H6O4.C8H10/c1-11-3-6-15(12(2)9-11)18(20)14-4-7-16-13(10-14)5-8-17(19)21-16;11-9-4-2-6-5-7(10(12)13)1-3-8(6)14-9;1-7-4-3-5-8(2)6-7/h3-10H,1-2H3;1-5H,(H,12,13);3-6H,1-2H3. The number of carboxylic acid groups (broad SMARTS) is 1. The van der Waals surface area contributed by atoms with Gasteiger partial charge < -0.3 is 13.9 Å². The third-order valence-corrected chi connectivity index (χ3v) is 6.55. The third-order valence-electron chi connectivity index (χ3n) is 6.55. The molecule has 0 aliphatic heterocycles. The molecule has 43 heavy (non-hydrogen) atoms. The minimum absolute atomic E-state index is 0.0272. The van der Waals surface area contributed by atoms with Crippen LogP contribution in [0.3, 0.4) is 0 Å². The molecule has 0 amide bonds. The highest BCUT2D eigenvalue weighted by atomic mass is 16.4. The molecule has 0 bridgehead atoms. The normalized spacial score (nSPS) is 10.3. The summed E-state index contributed by atoms with van der Waals surface area (Å²) in [6, 6.07) is 29.5. The number of ketones is 1. The molecule has 0 spiro atoms. The van der Waals surface area contributed by atoms with E-state index in [0.717, 1.165) is 16.5 Å². The van der Waals surface area contributed by atoms with Crippen LogP contribution >= 0.6 is 0 Å². The zero-order valence-corrected chi connectivity index (χ0v) is 24.2. The molecule has 1 N–H and O–H groups in total. The van der Waals surface area contributed by atoms with Crippen LogP contribution in [0.5, 0.6) is 0 Å². The predicted octanol–water partition coefficient (Wildman–Crippen LogP) is 7.44. The van der Waals surface area contributed by atoms with Gasteiger partial charge in [0.15, 0.2) is 5.78 Å². The summed E-state index contributed by atoms with van der Waals surface area (Å²) in [6.07, 6.45) is 0. The van der Waals surface area contributed by atoms with E-state index in [1.165, 1.54) is 47.5 Å². The van der Waals surface area contributed by atoms with E-state index in [-0.39, 0.29) is 11.3 Å². The van der Waals surface area contributed by atoms with E-state index in [2.05, 4.69) is 38.1 Å². The quantitative estimate of drug-likeness (QED) is 0.173. The maximum atomic E-state index is 12.6. The Morgan fingerprint density at radius 1 is 0.558 bits per heavy atom. The lowest BCUT2D eigenvalue weighted by atomic mass is 9.97. The summed E-state index contributed by atoms with van der Waals surface area (Å²) < 4.78 is 9.92. The van der Waals surface area contributed by atoms with Crippen molar-refractivity contribution in [1.29, 1.82) is 0 Å². The predicted molar refractivity (Wildman–Crippen MR) is 167 cm³/mol. The average Bonchev–Trinajstić information content (AvgIpc) is 2.97. The summed E-state index contributed by atoms with van der Waals surface area (Å²) in [5.41, 5.74) is 6.25. The molecular formula is C36H30O7. The second-order valence-corrected chi connectivity index (χ2v) is 10.1. The number of aromatic carboxylic acids is 1. The topological polar surface area (TPSA) is 115 Å². The first-order valence-electron chi connectivity index (χ1n) is 13.5. The second-order valence-electron chi connectivity index (χ2n) is 10.1. The van der Waals surface area contributed by atoms with Crippen molar-refractivity contribution in [3.05, 3.63) is 163 Å². The van der Waals surface area contributed by atoms with E-state index < -0.39 is 17.2 Å². The minimum atomic E-state index is -1.00. The number of hydrogen-bond donors (Lipinski definition) is 1. The fourth-order valence-corrected chi connectivity index (χ4v) is 4.45. The molecule has 2 aromatic heterocycles. The summed E-state index contributed by atoms with van der Waals surface area (Å²) in [5.74, 6) is -1.03. The fraction of sp³-hybridized carbons (Fsp3) is 0.111. The summed E-state index contributed by atoms with van der Waals surface area (Å²) in [7, 11) is 0. The molecular weight excluding hydrogens is 544 g/mol. The first kappa shape index (κ1) is 30.4. The van der Waals surface area contributed by atoms with Crippen LogP contribution in [0, 0.1) is 27.7 Å². The van der Waals surface area contributed by atoms with Crippen LogP contribution in [-0.2, 0) is 0 Å². The summed E-state index contributed by atoms with van der Waals surface area (Å²) in [6.45, 7) is 8.14. The Bertz CT molecular complexity index is 2050. The Morgan fingerprint density at radius 2 is 1.07 bits per heavy atom. The Balaban J connectivity index is 0.000000165. The highest BCUT2D eigenvalue weighted by Gasteiger charge is 2.13. The van der Waals surface area contributed by atoms with Gasteiger partial charge in [-0.2, -0.15) is 0 Å². The summed E-state index contributed by atoms with van der Waals surface area (Å²) in [5, 5.41) is 10.0. The van der Waals surface area contributed by atoms with Gasteiger partial charge in [-0.3, -0.25) is 4.79 Å². The van der Waals surface area contributed by atoms with Crippen molar-refractivity contribution >= 4 is 33.7 Å². The number of hydrogen-bond acceptors (Lipinski definition) is 6. The van der Waals surface area contributed by atoms with Gasteiger partial charge in [-0.05, 0) is 81.8 Å². The third kappa shape index (κ3) is 8.01. The highest BCUT2D eigenvalue weighted by molar-refractivity contribution is 6.11. The zero-order valence-electron chi connectivity index (χ0n) is 24.2. The lowest BCUT2D eigenvalue weighted by molar-refractivity contribution is 0.0697. The molecule has 216 valence electrons. The number of carboxylic acids is 1. The molecule has 7 heteroatoms. The minimum Gasteiger partial charge on any atom is -0.478 e. The van der Waals surface area contributed by atoms with Crippen LogP contribution < -0.4 is 11.3 Å². The fourth-order valence-electron chi connectivity index (χ4n) is 4.45. The van der Waals surface area contributed by atoms with Gasteiger partial charge in [0.05, 0.1) is 5.56 Å². The molecule has 2 heterocycles. The molecule has 0 aliphatic rings. The maximum Gasteiger partial charge on any atom is 0.336 e. The van der Waals surface area contributed by atoms with Crippen LogP contribution in [0.1, 0.15) is 48.5 Å². The van der Waals surface area contributed by atoms with Crippen LogP contribution in [0.25, 0.3) is 21.9 Å². The average molecular weight is 575 g/mol. The van der Waals surface area contributed by atoms with E-state index >= 15 is 0 Å². The molecule has 0 fully saturated rings. The number of benzene rings is 4. The largest absolute Gasteiger partial charge is 0.478 e. The number of fused-ring (bicyclic) bond motifs is 2. The van der Waals surface area contributed by atoms with Gasteiger partial charge in [-0.15, -0.1) is 0 Å². The first-order valence-corrected chi connectivity index (χ1v) is 13.5. The van der Waals surface area contributed by atoms with Crippen LogP contribution in [-0.4, -0.2) is 16.9 Å². The lowest BCUT2D eigenvalue weighted by Crippen LogP contribution is -2.04. The zero-order chi connectivity index (χ0) is 31.1.